The summed E-state index contributed by atoms with van der Waals surface area (Å²) in [5, 5.41) is 9.89. The lowest BCUT2D eigenvalue weighted by atomic mass is 9.95. The van der Waals surface area contributed by atoms with Crippen LogP contribution < -0.4 is 0 Å². The molecule has 1 amide bonds. The zero-order chi connectivity index (χ0) is 15.2. The summed E-state index contributed by atoms with van der Waals surface area (Å²) in [6, 6.07) is 9.80. The summed E-state index contributed by atoms with van der Waals surface area (Å²) < 4.78 is 5.46. The van der Waals surface area contributed by atoms with Crippen LogP contribution in [0.3, 0.4) is 0 Å². The van der Waals surface area contributed by atoms with Crippen molar-refractivity contribution in [2.24, 2.45) is 5.41 Å². The molecule has 4 heteroatoms. The van der Waals surface area contributed by atoms with Gasteiger partial charge in [-0.15, -0.1) is 0 Å². The van der Waals surface area contributed by atoms with E-state index in [2.05, 4.69) is 0 Å². The van der Waals surface area contributed by atoms with Crippen molar-refractivity contribution < 1.29 is 14.6 Å². The summed E-state index contributed by atoms with van der Waals surface area (Å²) in [7, 11) is 1.70. The number of nitrogens with zero attached hydrogens (tertiary/aromatic N) is 1. The highest BCUT2D eigenvalue weighted by molar-refractivity contribution is 5.81. The van der Waals surface area contributed by atoms with Gasteiger partial charge >= 0.3 is 0 Å². The van der Waals surface area contributed by atoms with Gasteiger partial charge in [0.2, 0.25) is 5.91 Å². The van der Waals surface area contributed by atoms with E-state index in [1.807, 2.05) is 51.1 Å². The minimum atomic E-state index is -0.671. The van der Waals surface area contributed by atoms with Gasteiger partial charge in [0.15, 0.2) is 0 Å². The molecule has 1 rings (SSSR count). The van der Waals surface area contributed by atoms with E-state index < -0.39 is 11.5 Å². The SMILES string of the molecule is CN(CC(O)COCc1ccccc1)C(=O)C(C)(C)C. The molecule has 1 aromatic carbocycles. The molecule has 0 saturated carbocycles. The number of rotatable bonds is 6. The molecule has 0 saturated heterocycles. The van der Waals surface area contributed by atoms with E-state index >= 15 is 0 Å². The van der Waals surface area contributed by atoms with E-state index in [0.29, 0.717) is 6.61 Å². The van der Waals surface area contributed by atoms with Crippen LogP contribution in [0.5, 0.6) is 0 Å². The first-order valence-electron chi connectivity index (χ1n) is 6.86. The number of carbonyl (C=O) groups excluding carboxylic acids is 1. The number of ether oxygens (including phenoxy) is 1. The molecule has 1 aromatic rings. The van der Waals surface area contributed by atoms with Crippen LogP contribution in [0.25, 0.3) is 0 Å². The summed E-state index contributed by atoms with van der Waals surface area (Å²) in [5.74, 6) is 0.0135. The fraction of sp³-hybridized carbons (Fsp3) is 0.562. The van der Waals surface area contributed by atoms with Gasteiger partial charge in [0.1, 0.15) is 0 Å². The van der Waals surface area contributed by atoms with Gasteiger partial charge in [-0.3, -0.25) is 4.79 Å². The molecule has 1 unspecified atom stereocenters. The molecule has 0 fully saturated rings. The fourth-order valence-corrected chi connectivity index (χ4v) is 1.91. The predicted octanol–water partition coefficient (Wildman–Crippen LogP) is 2.07. The Morgan fingerprint density at radius 3 is 2.45 bits per heavy atom. The molecule has 1 atom stereocenters. The number of benzene rings is 1. The summed E-state index contributed by atoms with van der Waals surface area (Å²) >= 11 is 0. The van der Waals surface area contributed by atoms with Crippen LogP contribution in [0.4, 0.5) is 0 Å². The molecule has 1 N–H and O–H groups in total. The van der Waals surface area contributed by atoms with Gasteiger partial charge in [-0.05, 0) is 5.56 Å². The molecular formula is C16H25NO3. The topological polar surface area (TPSA) is 49.8 Å². The van der Waals surface area contributed by atoms with Crippen LogP contribution in [0, 0.1) is 5.41 Å². The lowest BCUT2D eigenvalue weighted by molar-refractivity contribution is -0.139. The van der Waals surface area contributed by atoms with Crippen LogP contribution in [0.15, 0.2) is 30.3 Å². The Hall–Kier alpha value is -1.39. The lowest BCUT2D eigenvalue weighted by Crippen LogP contribution is -2.42. The van der Waals surface area contributed by atoms with Gasteiger partial charge in [-0.1, -0.05) is 51.1 Å². The first-order chi connectivity index (χ1) is 9.30. The van der Waals surface area contributed by atoms with Crippen molar-refractivity contribution in [1.82, 2.24) is 4.90 Å². The highest BCUT2D eigenvalue weighted by Crippen LogP contribution is 2.16. The van der Waals surface area contributed by atoms with Crippen molar-refractivity contribution in [2.45, 2.75) is 33.5 Å². The van der Waals surface area contributed by atoms with Gasteiger partial charge in [0.25, 0.3) is 0 Å². The standard InChI is InChI=1S/C16H25NO3/c1-16(2,3)15(19)17(4)10-14(18)12-20-11-13-8-6-5-7-9-13/h5-9,14,18H,10-12H2,1-4H3. The third kappa shape index (κ3) is 5.72. The average molecular weight is 279 g/mol. The van der Waals surface area contributed by atoms with Gasteiger partial charge in [-0.2, -0.15) is 0 Å². The van der Waals surface area contributed by atoms with Crippen LogP contribution in [-0.4, -0.2) is 42.2 Å². The number of hydrogen-bond donors (Lipinski definition) is 1. The van der Waals surface area contributed by atoms with Crippen LogP contribution in [0.1, 0.15) is 26.3 Å². The zero-order valence-corrected chi connectivity index (χ0v) is 12.8. The van der Waals surface area contributed by atoms with Gasteiger partial charge in [0, 0.05) is 19.0 Å². The maximum absolute atomic E-state index is 12.0. The van der Waals surface area contributed by atoms with Gasteiger partial charge < -0.3 is 14.7 Å². The molecule has 0 aliphatic heterocycles. The van der Waals surface area contributed by atoms with Gasteiger partial charge in [-0.25, -0.2) is 0 Å². The lowest BCUT2D eigenvalue weighted by Gasteiger charge is -2.27. The van der Waals surface area contributed by atoms with Crippen LogP contribution in [0.2, 0.25) is 0 Å². The second-order valence-electron chi connectivity index (χ2n) is 6.09. The Bertz CT molecular complexity index is 411. The van der Waals surface area contributed by atoms with E-state index in [1.54, 1.807) is 11.9 Å². The quantitative estimate of drug-likeness (QED) is 0.867. The number of amides is 1. The molecule has 0 heterocycles. The number of aliphatic hydroxyl groups excluding tert-OH is 1. The first kappa shape index (κ1) is 16.7. The third-order valence-corrected chi connectivity index (χ3v) is 2.89. The highest BCUT2D eigenvalue weighted by Gasteiger charge is 2.26. The minimum Gasteiger partial charge on any atom is -0.389 e. The van der Waals surface area contributed by atoms with Crippen molar-refractivity contribution in [3.63, 3.8) is 0 Å². The first-order valence-corrected chi connectivity index (χ1v) is 6.86. The Morgan fingerprint density at radius 1 is 1.30 bits per heavy atom. The van der Waals surface area contributed by atoms with Crippen molar-refractivity contribution in [2.75, 3.05) is 20.2 Å². The van der Waals surface area contributed by atoms with E-state index in [4.69, 9.17) is 4.74 Å². The number of aliphatic hydroxyl groups is 1. The summed E-state index contributed by atoms with van der Waals surface area (Å²) in [6.07, 6.45) is -0.671. The van der Waals surface area contributed by atoms with E-state index in [9.17, 15) is 9.90 Å². The van der Waals surface area contributed by atoms with Crippen LogP contribution >= 0.6 is 0 Å². The summed E-state index contributed by atoms with van der Waals surface area (Å²) in [4.78, 5) is 13.5. The molecule has 112 valence electrons. The summed E-state index contributed by atoms with van der Waals surface area (Å²) in [5.41, 5.74) is 0.637. The molecule has 4 nitrogen and oxygen atoms in total. The second kappa shape index (κ2) is 7.41. The predicted molar refractivity (Wildman–Crippen MR) is 79.2 cm³/mol. The third-order valence-electron chi connectivity index (χ3n) is 2.89. The molecule has 20 heavy (non-hydrogen) atoms. The van der Waals surface area contributed by atoms with E-state index in [-0.39, 0.29) is 19.1 Å². The maximum atomic E-state index is 12.0. The van der Waals surface area contributed by atoms with Crippen molar-refractivity contribution in [3.8, 4) is 0 Å². The summed E-state index contributed by atoms with van der Waals surface area (Å²) in [6.45, 7) is 6.56. The smallest absolute Gasteiger partial charge is 0.227 e. The second-order valence-corrected chi connectivity index (χ2v) is 6.09. The minimum absolute atomic E-state index is 0.0135. The average Bonchev–Trinajstić information content (AvgIpc) is 2.38. The van der Waals surface area contributed by atoms with E-state index in [0.717, 1.165) is 5.56 Å². The largest absolute Gasteiger partial charge is 0.389 e. The maximum Gasteiger partial charge on any atom is 0.227 e. The molecule has 0 bridgehead atoms. The van der Waals surface area contributed by atoms with Crippen molar-refractivity contribution in [1.29, 1.82) is 0 Å². The Kier molecular flexibility index (Phi) is 6.17. The molecule has 0 radical (unpaired) electrons. The number of likely N-dealkylation sites (N-methyl/N-ethyl adjacent to an activating group) is 1. The van der Waals surface area contributed by atoms with Crippen molar-refractivity contribution >= 4 is 5.91 Å². The Balaban J connectivity index is 2.30. The monoisotopic (exact) mass is 279 g/mol. The normalized spacial score (nSPS) is 13.1. The molecule has 0 aliphatic carbocycles. The molecule has 0 aliphatic rings. The zero-order valence-electron chi connectivity index (χ0n) is 12.8. The Morgan fingerprint density at radius 2 is 1.90 bits per heavy atom. The fourth-order valence-electron chi connectivity index (χ4n) is 1.91. The van der Waals surface area contributed by atoms with Crippen molar-refractivity contribution in [3.05, 3.63) is 35.9 Å². The van der Waals surface area contributed by atoms with E-state index in [1.165, 1.54) is 0 Å². The molecule has 0 spiro atoms. The number of carbonyl (C=O) groups is 1. The van der Waals surface area contributed by atoms with Gasteiger partial charge in [0.05, 0.1) is 19.3 Å². The molecular weight excluding hydrogens is 254 g/mol. The highest BCUT2D eigenvalue weighted by atomic mass is 16.5. The number of hydrogen-bond acceptors (Lipinski definition) is 3. The van der Waals surface area contributed by atoms with Crippen LogP contribution in [-0.2, 0) is 16.1 Å². The Labute approximate surface area is 121 Å². The molecule has 0 aromatic heterocycles.